The van der Waals surface area contributed by atoms with E-state index in [4.69, 9.17) is 34.8 Å². The minimum atomic E-state index is -1.07. The van der Waals surface area contributed by atoms with Crippen molar-refractivity contribution in [1.82, 2.24) is 4.98 Å². The number of halogens is 3. The number of fused-ring (bicyclic) bond motifs is 1. The minimum Gasteiger partial charge on any atom is -0.478 e. The Hall–Kier alpha value is -1.33. The summed E-state index contributed by atoms with van der Waals surface area (Å²) in [6.45, 7) is 1.85. The van der Waals surface area contributed by atoms with Gasteiger partial charge in [0.2, 0.25) is 0 Å². The van der Waals surface area contributed by atoms with E-state index in [9.17, 15) is 9.90 Å². The maximum atomic E-state index is 11.6. The Morgan fingerprint density at radius 3 is 2.55 bits per heavy atom. The summed E-state index contributed by atoms with van der Waals surface area (Å²) < 4.78 is 0.981. The van der Waals surface area contributed by atoms with Crippen LogP contribution in [-0.4, -0.2) is 16.1 Å². The van der Waals surface area contributed by atoms with Gasteiger partial charge in [0.25, 0.3) is 0 Å². The van der Waals surface area contributed by atoms with E-state index in [1.54, 1.807) is 18.2 Å². The molecule has 7 heteroatoms. The fourth-order valence-corrected chi connectivity index (χ4v) is 3.99. The van der Waals surface area contributed by atoms with Gasteiger partial charge in [-0.3, -0.25) is 0 Å². The van der Waals surface area contributed by atoms with E-state index in [2.05, 4.69) is 4.98 Å². The van der Waals surface area contributed by atoms with Crippen molar-refractivity contribution in [3.8, 4) is 11.3 Å². The van der Waals surface area contributed by atoms with Crippen LogP contribution in [0.1, 0.15) is 15.9 Å². The molecular formula is C15H8Cl3NO2S. The van der Waals surface area contributed by atoms with Gasteiger partial charge >= 0.3 is 5.97 Å². The van der Waals surface area contributed by atoms with Gasteiger partial charge in [0.05, 0.1) is 26.1 Å². The molecule has 2 heterocycles. The summed E-state index contributed by atoms with van der Waals surface area (Å²) in [6, 6.07) is 6.62. The summed E-state index contributed by atoms with van der Waals surface area (Å²) in [5, 5.41) is 10.3. The highest BCUT2D eigenvalue weighted by molar-refractivity contribution is 7.20. The van der Waals surface area contributed by atoms with Crippen molar-refractivity contribution < 1.29 is 9.90 Å². The number of thiophene rings is 1. The highest BCUT2D eigenvalue weighted by Gasteiger charge is 2.19. The van der Waals surface area contributed by atoms with Crippen molar-refractivity contribution in [3.05, 3.63) is 49.1 Å². The number of pyridine rings is 1. The minimum absolute atomic E-state index is 0.0899. The number of carboxylic acid groups (broad SMARTS) is 1. The Morgan fingerprint density at radius 2 is 1.95 bits per heavy atom. The molecule has 0 saturated heterocycles. The average molecular weight is 373 g/mol. The van der Waals surface area contributed by atoms with E-state index in [-0.39, 0.29) is 5.56 Å². The monoisotopic (exact) mass is 371 g/mol. The largest absolute Gasteiger partial charge is 0.478 e. The fraction of sp³-hybridized carbons (Fsp3) is 0.0667. The first-order valence-electron chi connectivity index (χ1n) is 6.17. The van der Waals surface area contributed by atoms with Crippen molar-refractivity contribution in [3.63, 3.8) is 0 Å². The second-order valence-electron chi connectivity index (χ2n) is 4.69. The first-order valence-corrected chi connectivity index (χ1v) is 8.12. The number of carboxylic acids is 1. The fourth-order valence-electron chi connectivity index (χ4n) is 2.25. The van der Waals surface area contributed by atoms with Gasteiger partial charge in [-0.2, -0.15) is 0 Å². The number of aromatic carboxylic acids is 1. The molecule has 0 bridgehead atoms. The number of benzene rings is 1. The summed E-state index contributed by atoms with van der Waals surface area (Å²) in [7, 11) is 0. The van der Waals surface area contributed by atoms with Crippen molar-refractivity contribution in [2.24, 2.45) is 0 Å². The van der Waals surface area contributed by atoms with Crippen LogP contribution in [-0.2, 0) is 0 Å². The number of aromatic nitrogens is 1. The number of nitrogens with zero attached hydrogens (tertiary/aromatic N) is 1. The van der Waals surface area contributed by atoms with E-state index < -0.39 is 5.97 Å². The summed E-state index contributed by atoms with van der Waals surface area (Å²) in [4.78, 5) is 16.1. The predicted octanol–water partition coefficient (Wildman–Crippen LogP) is 5.93. The average Bonchev–Trinajstić information content (AvgIpc) is 2.80. The Kier molecular flexibility index (Phi) is 4.03. The van der Waals surface area contributed by atoms with Crippen LogP contribution in [0.2, 0.25) is 13.7 Å². The first-order chi connectivity index (χ1) is 10.4. The highest BCUT2D eigenvalue weighted by atomic mass is 35.5. The van der Waals surface area contributed by atoms with Crippen molar-refractivity contribution in [2.75, 3.05) is 0 Å². The maximum absolute atomic E-state index is 11.6. The topological polar surface area (TPSA) is 50.2 Å². The summed E-state index contributed by atoms with van der Waals surface area (Å²) in [5.41, 5.74) is 2.54. The lowest BCUT2D eigenvalue weighted by molar-refractivity contribution is 0.0699. The van der Waals surface area contributed by atoms with Crippen LogP contribution >= 0.6 is 46.1 Å². The van der Waals surface area contributed by atoms with Gasteiger partial charge in [-0.05, 0) is 30.7 Å². The van der Waals surface area contributed by atoms with Gasteiger partial charge in [-0.15, -0.1) is 11.3 Å². The SMILES string of the molecule is Cc1ccc(Cl)c2c(C(=O)O)cc(-c3cc(Cl)sc3Cl)nc12. The zero-order valence-corrected chi connectivity index (χ0v) is 14.2. The Bertz CT molecular complexity index is 921. The Balaban J connectivity index is 2.42. The van der Waals surface area contributed by atoms with Gasteiger partial charge in [0.1, 0.15) is 4.34 Å². The first kappa shape index (κ1) is 15.6. The molecule has 0 atom stereocenters. The van der Waals surface area contributed by atoms with Crippen LogP contribution in [0.3, 0.4) is 0 Å². The standard InChI is InChI=1S/C15H8Cl3NO2S/c1-6-2-3-9(16)12-8(15(20)21)4-10(19-13(6)12)7-5-11(17)22-14(7)18/h2-5H,1H3,(H,20,21). The molecule has 0 amide bonds. The molecule has 22 heavy (non-hydrogen) atoms. The molecule has 0 spiro atoms. The van der Waals surface area contributed by atoms with Gasteiger partial charge in [-0.25, -0.2) is 9.78 Å². The zero-order chi connectivity index (χ0) is 16.0. The van der Waals surface area contributed by atoms with Crippen LogP contribution in [0.4, 0.5) is 0 Å². The molecule has 0 fully saturated rings. The van der Waals surface area contributed by atoms with Crippen LogP contribution < -0.4 is 0 Å². The molecule has 1 aromatic carbocycles. The molecule has 112 valence electrons. The highest BCUT2D eigenvalue weighted by Crippen LogP contribution is 2.39. The smallest absolute Gasteiger partial charge is 0.336 e. The molecule has 3 aromatic rings. The molecule has 0 saturated carbocycles. The van der Waals surface area contributed by atoms with E-state index in [0.717, 1.165) is 5.56 Å². The number of carbonyl (C=O) groups is 1. The second kappa shape index (κ2) is 5.70. The summed E-state index contributed by atoms with van der Waals surface area (Å²) >= 11 is 19.5. The van der Waals surface area contributed by atoms with Gasteiger partial charge < -0.3 is 5.11 Å². The second-order valence-corrected chi connectivity index (χ2v) is 7.38. The van der Waals surface area contributed by atoms with Crippen LogP contribution in [0.25, 0.3) is 22.2 Å². The quantitative estimate of drug-likeness (QED) is 0.606. The maximum Gasteiger partial charge on any atom is 0.336 e. The molecule has 3 rings (SSSR count). The normalized spacial score (nSPS) is 11.1. The van der Waals surface area contributed by atoms with E-state index in [1.807, 2.05) is 6.92 Å². The van der Waals surface area contributed by atoms with E-state index in [1.165, 1.54) is 17.4 Å². The van der Waals surface area contributed by atoms with Crippen LogP contribution in [0, 0.1) is 6.92 Å². The van der Waals surface area contributed by atoms with Crippen molar-refractivity contribution in [1.29, 1.82) is 0 Å². The molecule has 2 aromatic heterocycles. The third-order valence-corrected chi connectivity index (χ3v) is 5.08. The van der Waals surface area contributed by atoms with Crippen LogP contribution in [0.5, 0.6) is 0 Å². The third-order valence-electron chi connectivity index (χ3n) is 3.27. The number of hydrogen-bond donors (Lipinski definition) is 1. The molecule has 0 radical (unpaired) electrons. The lowest BCUT2D eigenvalue weighted by atomic mass is 10.0. The van der Waals surface area contributed by atoms with Gasteiger partial charge in [0.15, 0.2) is 0 Å². The Morgan fingerprint density at radius 1 is 1.23 bits per heavy atom. The molecular weight excluding hydrogens is 365 g/mol. The zero-order valence-electron chi connectivity index (χ0n) is 11.2. The van der Waals surface area contributed by atoms with Gasteiger partial charge in [0, 0.05) is 10.9 Å². The van der Waals surface area contributed by atoms with E-state index in [0.29, 0.717) is 35.9 Å². The number of rotatable bonds is 2. The lowest BCUT2D eigenvalue weighted by Gasteiger charge is -2.10. The molecule has 0 aliphatic rings. The number of aryl methyl sites for hydroxylation is 1. The third kappa shape index (κ3) is 2.57. The Labute approximate surface area is 145 Å². The summed E-state index contributed by atoms with van der Waals surface area (Å²) in [6.07, 6.45) is 0. The van der Waals surface area contributed by atoms with Gasteiger partial charge in [-0.1, -0.05) is 40.9 Å². The molecule has 0 unspecified atom stereocenters. The molecule has 1 N–H and O–H groups in total. The van der Waals surface area contributed by atoms with E-state index >= 15 is 0 Å². The molecule has 0 aliphatic heterocycles. The summed E-state index contributed by atoms with van der Waals surface area (Å²) in [5.74, 6) is -1.07. The van der Waals surface area contributed by atoms with Crippen molar-refractivity contribution in [2.45, 2.75) is 6.92 Å². The number of hydrogen-bond acceptors (Lipinski definition) is 3. The molecule has 3 nitrogen and oxygen atoms in total. The van der Waals surface area contributed by atoms with Crippen molar-refractivity contribution >= 4 is 63.0 Å². The lowest BCUT2D eigenvalue weighted by Crippen LogP contribution is -2.01. The van der Waals surface area contributed by atoms with Crippen LogP contribution in [0.15, 0.2) is 24.3 Å². The molecule has 0 aliphatic carbocycles. The predicted molar refractivity (Wildman–Crippen MR) is 91.8 cm³/mol.